The minimum Gasteiger partial charge on any atom is -0.357 e. The molecule has 31 heavy (non-hydrogen) atoms. The van der Waals surface area contributed by atoms with Crippen LogP contribution in [0.3, 0.4) is 0 Å². The topological polar surface area (TPSA) is 78.8 Å². The molecule has 0 bridgehead atoms. The van der Waals surface area contributed by atoms with Crippen molar-refractivity contribution in [3.63, 3.8) is 0 Å². The molecule has 1 aromatic carbocycles. The summed E-state index contributed by atoms with van der Waals surface area (Å²) in [4.78, 5) is 19.5. The predicted octanol–water partition coefficient (Wildman–Crippen LogP) is 3.86. The molecule has 0 aliphatic carbocycles. The molecule has 3 aromatic rings. The molecule has 3 heterocycles. The van der Waals surface area contributed by atoms with Gasteiger partial charge in [-0.05, 0) is 49.5 Å². The lowest BCUT2D eigenvalue weighted by Gasteiger charge is -2.31. The number of hydrogen-bond donors (Lipinski definition) is 2. The fourth-order valence-corrected chi connectivity index (χ4v) is 3.93. The van der Waals surface area contributed by atoms with Crippen LogP contribution in [-0.2, 0) is 17.9 Å². The van der Waals surface area contributed by atoms with E-state index in [-0.39, 0.29) is 12.5 Å². The number of aromatic amines is 1. The first-order valence-corrected chi connectivity index (χ1v) is 11.1. The normalized spacial score (nSPS) is 14.6. The number of H-pyrrole nitrogens is 1. The van der Waals surface area contributed by atoms with Crippen LogP contribution in [0.25, 0.3) is 11.4 Å². The molecule has 0 radical (unpaired) electrons. The summed E-state index contributed by atoms with van der Waals surface area (Å²) < 4.78 is 2.14. The first-order chi connectivity index (χ1) is 15.0. The van der Waals surface area contributed by atoms with E-state index in [4.69, 9.17) is 12.2 Å². The van der Waals surface area contributed by atoms with Crippen molar-refractivity contribution in [3.8, 4) is 11.4 Å². The van der Waals surface area contributed by atoms with Crippen LogP contribution in [0.4, 0.5) is 5.82 Å². The molecule has 1 amide bonds. The standard InChI is InChI=1S/C23H28N6OS/c1-16-3-6-19(7-4-16)22-26-27-23(31)29(22)15-21(30)25-14-18-5-8-20(24-13-18)28-11-9-17(2)10-12-28/h3-8,13,17H,9-12,14-15H2,1-2H3,(H,25,30)(H,27,31). The highest BCUT2D eigenvalue weighted by molar-refractivity contribution is 7.71. The number of benzene rings is 1. The quantitative estimate of drug-likeness (QED) is 0.574. The van der Waals surface area contributed by atoms with E-state index >= 15 is 0 Å². The zero-order valence-corrected chi connectivity index (χ0v) is 18.8. The maximum atomic E-state index is 12.6. The van der Waals surface area contributed by atoms with Crippen LogP contribution < -0.4 is 10.2 Å². The van der Waals surface area contributed by atoms with Gasteiger partial charge in [0.05, 0.1) is 0 Å². The molecular weight excluding hydrogens is 408 g/mol. The molecular formula is C23H28N6OS. The number of aryl methyl sites for hydroxylation is 1. The number of aromatic nitrogens is 4. The Morgan fingerprint density at radius 3 is 2.61 bits per heavy atom. The Hall–Kier alpha value is -3.00. The molecule has 1 aliphatic rings. The lowest BCUT2D eigenvalue weighted by molar-refractivity contribution is -0.121. The number of piperidine rings is 1. The highest BCUT2D eigenvalue weighted by atomic mass is 32.1. The van der Waals surface area contributed by atoms with Gasteiger partial charge in [-0.15, -0.1) is 0 Å². The summed E-state index contributed by atoms with van der Waals surface area (Å²) in [5, 5.41) is 10.0. The third-order valence-electron chi connectivity index (χ3n) is 5.78. The minimum absolute atomic E-state index is 0.107. The van der Waals surface area contributed by atoms with Crippen molar-refractivity contribution in [3.05, 3.63) is 58.5 Å². The average molecular weight is 437 g/mol. The maximum Gasteiger partial charge on any atom is 0.240 e. The van der Waals surface area contributed by atoms with Crippen molar-refractivity contribution in [2.75, 3.05) is 18.0 Å². The fourth-order valence-electron chi connectivity index (χ4n) is 3.73. The van der Waals surface area contributed by atoms with Gasteiger partial charge in [-0.25, -0.2) is 4.98 Å². The molecule has 0 saturated carbocycles. The Kier molecular flexibility index (Phi) is 6.46. The molecule has 2 aromatic heterocycles. The van der Waals surface area contributed by atoms with Gasteiger partial charge in [-0.3, -0.25) is 14.5 Å². The van der Waals surface area contributed by atoms with Crippen LogP contribution in [0.15, 0.2) is 42.6 Å². The third kappa shape index (κ3) is 5.19. The Labute approximate surface area is 187 Å². The number of rotatable bonds is 6. The maximum absolute atomic E-state index is 12.6. The van der Waals surface area contributed by atoms with Gasteiger partial charge in [-0.1, -0.05) is 42.8 Å². The van der Waals surface area contributed by atoms with Crippen molar-refractivity contribution in [2.24, 2.45) is 5.92 Å². The average Bonchev–Trinajstić information content (AvgIpc) is 3.14. The largest absolute Gasteiger partial charge is 0.357 e. The molecule has 2 N–H and O–H groups in total. The summed E-state index contributed by atoms with van der Waals surface area (Å²) in [5.74, 6) is 2.33. The smallest absolute Gasteiger partial charge is 0.240 e. The van der Waals surface area contributed by atoms with E-state index in [1.54, 1.807) is 4.57 Å². The van der Waals surface area contributed by atoms with Crippen LogP contribution in [0.1, 0.15) is 30.9 Å². The Morgan fingerprint density at radius 2 is 1.94 bits per heavy atom. The molecule has 1 aliphatic heterocycles. The van der Waals surface area contributed by atoms with Gasteiger partial charge in [-0.2, -0.15) is 5.10 Å². The number of anilines is 1. The van der Waals surface area contributed by atoms with Gasteiger partial charge >= 0.3 is 0 Å². The van der Waals surface area contributed by atoms with Gasteiger partial charge in [0.15, 0.2) is 10.6 Å². The number of hydrogen-bond acceptors (Lipinski definition) is 5. The van der Waals surface area contributed by atoms with Crippen molar-refractivity contribution < 1.29 is 4.79 Å². The van der Waals surface area contributed by atoms with Gasteiger partial charge in [0.1, 0.15) is 12.4 Å². The van der Waals surface area contributed by atoms with E-state index in [9.17, 15) is 4.79 Å². The van der Waals surface area contributed by atoms with Crippen LogP contribution in [0.5, 0.6) is 0 Å². The number of carbonyl (C=O) groups excluding carboxylic acids is 1. The monoisotopic (exact) mass is 436 g/mol. The Morgan fingerprint density at radius 1 is 1.19 bits per heavy atom. The van der Waals surface area contributed by atoms with Crippen LogP contribution in [-0.4, -0.2) is 38.7 Å². The van der Waals surface area contributed by atoms with Gasteiger partial charge in [0.2, 0.25) is 5.91 Å². The molecule has 0 spiro atoms. The molecule has 4 rings (SSSR count). The highest BCUT2D eigenvalue weighted by Crippen LogP contribution is 2.21. The third-order valence-corrected chi connectivity index (χ3v) is 6.09. The molecule has 0 unspecified atom stereocenters. The van der Waals surface area contributed by atoms with Crippen LogP contribution in [0.2, 0.25) is 0 Å². The zero-order valence-electron chi connectivity index (χ0n) is 18.0. The van der Waals surface area contributed by atoms with Crippen molar-refractivity contribution >= 4 is 23.9 Å². The minimum atomic E-state index is -0.125. The molecule has 8 heteroatoms. The lowest BCUT2D eigenvalue weighted by atomic mass is 9.99. The molecule has 1 fully saturated rings. The van der Waals surface area contributed by atoms with E-state index in [0.29, 0.717) is 17.1 Å². The summed E-state index contributed by atoms with van der Waals surface area (Å²) >= 11 is 5.33. The first-order valence-electron chi connectivity index (χ1n) is 10.7. The van der Waals surface area contributed by atoms with Crippen LogP contribution >= 0.6 is 12.2 Å². The summed E-state index contributed by atoms with van der Waals surface area (Å²) in [6.07, 6.45) is 4.26. The number of pyridine rings is 1. The number of carbonyl (C=O) groups is 1. The number of nitrogens with zero attached hydrogens (tertiary/aromatic N) is 4. The second-order valence-corrected chi connectivity index (χ2v) is 8.66. The van der Waals surface area contributed by atoms with E-state index in [2.05, 4.69) is 32.3 Å². The number of amides is 1. The van der Waals surface area contributed by atoms with E-state index < -0.39 is 0 Å². The second kappa shape index (κ2) is 9.43. The lowest BCUT2D eigenvalue weighted by Crippen LogP contribution is -2.33. The van der Waals surface area contributed by atoms with Gasteiger partial charge in [0.25, 0.3) is 0 Å². The second-order valence-electron chi connectivity index (χ2n) is 8.28. The molecule has 7 nitrogen and oxygen atoms in total. The van der Waals surface area contributed by atoms with Crippen molar-refractivity contribution in [2.45, 2.75) is 39.8 Å². The summed E-state index contributed by atoms with van der Waals surface area (Å²) in [7, 11) is 0. The first kappa shape index (κ1) is 21.2. The fraction of sp³-hybridized carbons (Fsp3) is 0.391. The molecule has 0 atom stereocenters. The van der Waals surface area contributed by atoms with Crippen molar-refractivity contribution in [1.29, 1.82) is 0 Å². The van der Waals surface area contributed by atoms with Crippen molar-refractivity contribution in [1.82, 2.24) is 25.1 Å². The Balaban J connectivity index is 1.35. The van der Waals surface area contributed by atoms with E-state index in [1.807, 2.05) is 49.5 Å². The summed E-state index contributed by atoms with van der Waals surface area (Å²) in [6, 6.07) is 12.0. The number of nitrogens with one attached hydrogen (secondary N) is 2. The summed E-state index contributed by atoms with van der Waals surface area (Å²) in [5.41, 5.74) is 3.05. The molecule has 1 saturated heterocycles. The highest BCUT2D eigenvalue weighted by Gasteiger charge is 2.17. The predicted molar refractivity (Wildman–Crippen MR) is 124 cm³/mol. The van der Waals surface area contributed by atoms with Crippen LogP contribution in [0, 0.1) is 17.6 Å². The van der Waals surface area contributed by atoms with Gasteiger partial charge in [0, 0.05) is 31.4 Å². The SMILES string of the molecule is Cc1ccc(-c2n[nH]c(=S)n2CC(=O)NCc2ccc(N3CCC(C)CC3)nc2)cc1. The van der Waals surface area contributed by atoms with E-state index in [1.165, 1.54) is 12.8 Å². The summed E-state index contributed by atoms with van der Waals surface area (Å²) in [6.45, 7) is 6.97. The Bertz CT molecular complexity index is 1080. The zero-order chi connectivity index (χ0) is 21.8. The van der Waals surface area contributed by atoms with Gasteiger partial charge < -0.3 is 10.2 Å². The molecule has 162 valence electrons. The van der Waals surface area contributed by atoms with E-state index in [0.717, 1.165) is 41.5 Å².